The van der Waals surface area contributed by atoms with Crippen LogP contribution in [0.15, 0.2) is 18.2 Å². The molecule has 1 aliphatic heterocycles. The van der Waals surface area contributed by atoms with Crippen LogP contribution in [0.4, 0.5) is 0 Å². The fraction of sp³-hybridized carbons (Fsp3) is 0.500. The van der Waals surface area contributed by atoms with E-state index in [0.29, 0.717) is 12.5 Å². The fourth-order valence-corrected chi connectivity index (χ4v) is 2.44. The molecule has 19 heavy (non-hydrogen) atoms. The minimum Gasteiger partial charge on any atom is -0.507 e. The molecule has 1 amide bonds. The van der Waals surface area contributed by atoms with Crippen LogP contribution in [0.3, 0.4) is 0 Å². The third-order valence-electron chi connectivity index (χ3n) is 3.66. The fourth-order valence-electron chi connectivity index (χ4n) is 2.44. The van der Waals surface area contributed by atoms with E-state index >= 15 is 0 Å². The average molecular weight is 264 g/mol. The zero-order chi connectivity index (χ0) is 13.8. The standard InChI is InChI=1S/C14H20N2O3/c1-9-4-3-7-15-10(9)8-16-14(19)13-11(17)5-2-6-12(13)18/h2,5-6,9-10,15,17-18H,3-4,7-8H2,1H3,(H,16,19). The molecule has 1 aliphatic rings. The molecule has 0 spiro atoms. The number of benzene rings is 1. The molecule has 4 N–H and O–H groups in total. The highest BCUT2D eigenvalue weighted by Crippen LogP contribution is 2.26. The summed E-state index contributed by atoms with van der Waals surface area (Å²) < 4.78 is 0. The summed E-state index contributed by atoms with van der Waals surface area (Å²) >= 11 is 0. The van der Waals surface area contributed by atoms with E-state index in [1.807, 2.05) is 0 Å². The molecule has 1 saturated heterocycles. The maximum absolute atomic E-state index is 12.0. The Morgan fingerprint density at radius 1 is 1.42 bits per heavy atom. The largest absolute Gasteiger partial charge is 0.507 e. The van der Waals surface area contributed by atoms with Gasteiger partial charge in [-0.15, -0.1) is 0 Å². The molecule has 0 radical (unpaired) electrons. The van der Waals surface area contributed by atoms with Gasteiger partial charge in [-0.25, -0.2) is 0 Å². The van der Waals surface area contributed by atoms with Gasteiger partial charge in [0.1, 0.15) is 17.1 Å². The number of carbonyl (C=O) groups is 1. The number of amides is 1. The van der Waals surface area contributed by atoms with E-state index in [1.165, 1.54) is 18.2 Å². The van der Waals surface area contributed by atoms with E-state index in [4.69, 9.17) is 0 Å². The van der Waals surface area contributed by atoms with E-state index in [1.54, 1.807) is 0 Å². The van der Waals surface area contributed by atoms with E-state index < -0.39 is 5.91 Å². The highest BCUT2D eigenvalue weighted by Gasteiger charge is 2.22. The molecule has 2 rings (SSSR count). The predicted octanol–water partition coefficient (Wildman–Crippen LogP) is 1.22. The Morgan fingerprint density at radius 3 is 2.74 bits per heavy atom. The topological polar surface area (TPSA) is 81.6 Å². The average Bonchev–Trinajstić information content (AvgIpc) is 2.37. The Balaban J connectivity index is 1.97. The number of phenols is 2. The number of carbonyl (C=O) groups excluding carboxylic acids is 1. The number of hydrogen-bond donors (Lipinski definition) is 4. The summed E-state index contributed by atoms with van der Waals surface area (Å²) in [5.41, 5.74) is -0.0639. The molecule has 0 aliphatic carbocycles. The summed E-state index contributed by atoms with van der Waals surface area (Å²) in [6, 6.07) is 4.50. The Labute approximate surface area is 112 Å². The summed E-state index contributed by atoms with van der Waals surface area (Å²) in [5.74, 6) is -0.355. The minimum atomic E-state index is -0.449. The first-order valence-electron chi connectivity index (χ1n) is 6.62. The lowest BCUT2D eigenvalue weighted by Crippen LogP contribution is -2.47. The number of rotatable bonds is 3. The van der Waals surface area contributed by atoms with Crippen LogP contribution in [0.5, 0.6) is 11.5 Å². The molecule has 0 aromatic heterocycles. The Hall–Kier alpha value is -1.75. The molecule has 1 fully saturated rings. The lowest BCUT2D eigenvalue weighted by Gasteiger charge is -2.30. The van der Waals surface area contributed by atoms with Gasteiger partial charge in [0, 0.05) is 12.6 Å². The SMILES string of the molecule is CC1CCCNC1CNC(=O)c1c(O)cccc1O. The molecule has 1 aromatic rings. The minimum absolute atomic E-state index is 0.0639. The van der Waals surface area contributed by atoms with Crippen LogP contribution in [0.1, 0.15) is 30.1 Å². The van der Waals surface area contributed by atoms with Crippen molar-refractivity contribution in [2.45, 2.75) is 25.8 Å². The number of aromatic hydroxyl groups is 2. The first kappa shape index (κ1) is 13.7. The van der Waals surface area contributed by atoms with Crippen LogP contribution in [0, 0.1) is 5.92 Å². The van der Waals surface area contributed by atoms with E-state index in [2.05, 4.69) is 17.6 Å². The van der Waals surface area contributed by atoms with Gasteiger partial charge in [0.2, 0.25) is 0 Å². The van der Waals surface area contributed by atoms with Crippen molar-refractivity contribution in [2.24, 2.45) is 5.92 Å². The molecule has 0 bridgehead atoms. The van der Waals surface area contributed by atoms with Gasteiger partial charge in [-0.3, -0.25) is 4.79 Å². The second kappa shape index (κ2) is 5.93. The maximum atomic E-state index is 12.0. The summed E-state index contributed by atoms with van der Waals surface area (Å²) in [4.78, 5) is 12.0. The molecule has 5 heteroatoms. The van der Waals surface area contributed by atoms with Crippen molar-refractivity contribution in [3.05, 3.63) is 23.8 Å². The van der Waals surface area contributed by atoms with Crippen molar-refractivity contribution in [3.8, 4) is 11.5 Å². The lowest BCUT2D eigenvalue weighted by molar-refractivity contribution is 0.0938. The van der Waals surface area contributed by atoms with Gasteiger partial charge in [0.05, 0.1) is 0 Å². The molecular weight excluding hydrogens is 244 g/mol. The maximum Gasteiger partial charge on any atom is 0.258 e. The van der Waals surface area contributed by atoms with Gasteiger partial charge in [0.15, 0.2) is 0 Å². The zero-order valence-corrected chi connectivity index (χ0v) is 11.0. The normalized spacial score (nSPS) is 23.0. The first-order chi connectivity index (χ1) is 9.09. The van der Waals surface area contributed by atoms with Crippen LogP contribution < -0.4 is 10.6 Å². The summed E-state index contributed by atoms with van der Waals surface area (Å²) in [6.45, 7) is 3.61. The molecule has 1 aromatic carbocycles. The second-order valence-corrected chi connectivity index (χ2v) is 5.06. The number of phenolic OH excluding ortho intramolecular Hbond substituents is 2. The number of hydrogen-bond acceptors (Lipinski definition) is 4. The van der Waals surface area contributed by atoms with Crippen LogP contribution in [0.25, 0.3) is 0 Å². The Morgan fingerprint density at radius 2 is 2.11 bits per heavy atom. The van der Waals surface area contributed by atoms with Crippen molar-refractivity contribution in [1.82, 2.24) is 10.6 Å². The molecule has 2 atom stereocenters. The molecule has 5 nitrogen and oxygen atoms in total. The molecule has 104 valence electrons. The van der Waals surface area contributed by atoms with Crippen LogP contribution in [0.2, 0.25) is 0 Å². The van der Waals surface area contributed by atoms with E-state index in [9.17, 15) is 15.0 Å². The smallest absolute Gasteiger partial charge is 0.258 e. The third kappa shape index (κ3) is 3.17. The van der Waals surface area contributed by atoms with Crippen molar-refractivity contribution in [3.63, 3.8) is 0 Å². The first-order valence-corrected chi connectivity index (χ1v) is 6.62. The Kier molecular flexibility index (Phi) is 4.27. The molecule has 2 unspecified atom stereocenters. The van der Waals surface area contributed by atoms with Crippen molar-refractivity contribution in [2.75, 3.05) is 13.1 Å². The summed E-state index contributed by atoms with van der Waals surface area (Å²) in [5, 5.41) is 25.4. The van der Waals surface area contributed by atoms with Gasteiger partial charge in [0.25, 0.3) is 5.91 Å². The van der Waals surface area contributed by atoms with Gasteiger partial charge in [-0.1, -0.05) is 13.0 Å². The monoisotopic (exact) mass is 264 g/mol. The highest BCUT2D eigenvalue weighted by atomic mass is 16.3. The van der Waals surface area contributed by atoms with Crippen LogP contribution >= 0.6 is 0 Å². The van der Waals surface area contributed by atoms with Gasteiger partial charge < -0.3 is 20.8 Å². The summed E-state index contributed by atoms with van der Waals surface area (Å²) in [6.07, 6.45) is 2.31. The summed E-state index contributed by atoms with van der Waals surface area (Å²) in [7, 11) is 0. The lowest BCUT2D eigenvalue weighted by atomic mass is 9.93. The van der Waals surface area contributed by atoms with Crippen molar-refractivity contribution < 1.29 is 15.0 Å². The van der Waals surface area contributed by atoms with Crippen LogP contribution in [-0.2, 0) is 0 Å². The second-order valence-electron chi connectivity index (χ2n) is 5.06. The van der Waals surface area contributed by atoms with Gasteiger partial charge in [-0.2, -0.15) is 0 Å². The third-order valence-corrected chi connectivity index (χ3v) is 3.66. The van der Waals surface area contributed by atoms with E-state index in [-0.39, 0.29) is 23.1 Å². The predicted molar refractivity (Wildman–Crippen MR) is 72.3 cm³/mol. The molecule has 1 heterocycles. The quantitative estimate of drug-likeness (QED) is 0.661. The zero-order valence-electron chi connectivity index (χ0n) is 11.0. The van der Waals surface area contributed by atoms with E-state index in [0.717, 1.165) is 19.4 Å². The van der Waals surface area contributed by atoms with Crippen molar-refractivity contribution in [1.29, 1.82) is 0 Å². The Bertz CT molecular complexity index is 442. The van der Waals surface area contributed by atoms with Crippen LogP contribution in [-0.4, -0.2) is 35.3 Å². The number of nitrogens with one attached hydrogen (secondary N) is 2. The van der Waals surface area contributed by atoms with Gasteiger partial charge in [-0.05, 0) is 37.4 Å². The molecule has 0 saturated carbocycles. The highest BCUT2D eigenvalue weighted by molar-refractivity contribution is 5.99. The number of piperidine rings is 1. The van der Waals surface area contributed by atoms with Crippen molar-refractivity contribution >= 4 is 5.91 Å². The molecular formula is C14H20N2O3. The van der Waals surface area contributed by atoms with Gasteiger partial charge >= 0.3 is 0 Å².